The quantitative estimate of drug-likeness (QED) is 0.793. The summed E-state index contributed by atoms with van der Waals surface area (Å²) in [6, 6.07) is 0. The smallest absolute Gasteiger partial charge is 0.222 e. The van der Waals surface area contributed by atoms with E-state index in [4.69, 9.17) is 0 Å². The van der Waals surface area contributed by atoms with E-state index in [2.05, 4.69) is 0 Å². The Morgan fingerprint density at radius 3 is 2.00 bits per heavy atom. The average molecular weight is 328 g/mol. The van der Waals surface area contributed by atoms with E-state index in [1.54, 1.807) is 4.31 Å². The Morgan fingerprint density at radius 1 is 0.864 bits per heavy atom. The molecule has 22 heavy (non-hydrogen) atoms. The average Bonchev–Trinajstić information content (AvgIpc) is 3.21. The van der Waals surface area contributed by atoms with Crippen LogP contribution >= 0.6 is 0 Å². The lowest BCUT2D eigenvalue weighted by atomic mass is 10.0. The summed E-state index contributed by atoms with van der Waals surface area (Å²) in [6.07, 6.45) is 9.22. The highest BCUT2D eigenvalue weighted by Crippen LogP contribution is 2.29. The molecule has 0 spiro atoms. The summed E-state index contributed by atoms with van der Waals surface area (Å²) in [5.41, 5.74) is 0. The summed E-state index contributed by atoms with van der Waals surface area (Å²) in [4.78, 5) is 14.2. The molecule has 3 fully saturated rings. The number of hydrogen-bond donors (Lipinski definition) is 0. The molecule has 3 rings (SSSR count). The number of sulfonamides is 1. The van der Waals surface area contributed by atoms with Crippen LogP contribution in [0.25, 0.3) is 0 Å². The summed E-state index contributed by atoms with van der Waals surface area (Å²) < 4.78 is 26.8. The normalized spacial score (nSPS) is 25.9. The minimum Gasteiger partial charge on any atom is -0.340 e. The van der Waals surface area contributed by atoms with Crippen LogP contribution in [0.5, 0.6) is 0 Å². The first kappa shape index (κ1) is 16.2. The van der Waals surface area contributed by atoms with Crippen LogP contribution in [0.2, 0.25) is 0 Å². The second-order valence-electron chi connectivity index (χ2n) is 7.09. The van der Waals surface area contributed by atoms with Gasteiger partial charge in [0.05, 0.1) is 5.25 Å². The molecule has 0 unspecified atom stereocenters. The zero-order valence-electron chi connectivity index (χ0n) is 13.4. The molecule has 0 N–H and O–H groups in total. The molecule has 1 saturated heterocycles. The summed E-state index contributed by atoms with van der Waals surface area (Å²) in [5, 5.41) is -0.173. The third-order valence-electron chi connectivity index (χ3n) is 5.61. The maximum Gasteiger partial charge on any atom is 0.222 e. The number of amides is 1. The van der Waals surface area contributed by atoms with Crippen molar-refractivity contribution in [1.29, 1.82) is 0 Å². The first-order valence-electron chi connectivity index (χ1n) is 8.84. The van der Waals surface area contributed by atoms with Gasteiger partial charge in [-0.15, -0.1) is 0 Å². The zero-order valence-corrected chi connectivity index (χ0v) is 14.2. The minimum absolute atomic E-state index is 0.173. The molecule has 1 heterocycles. The monoisotopic (exact) mass is 328 g/mol. The number of rotatable bonds is 4. The van der Waals surface area contributed by atoms with Gasteiger partial charge in [0.25, 0.3) is 0 Å². The van der Waals surface area contributed by atoms with Gasteiger partial charge >= 0.3 is 0 Å². The van der Waals surface area contributed by atoms with E-state index >= 15 is 0 Å². The maximum absolute atomic E-state index is 12.6. The second kappa shape index (κ2) is 6.87. The molecule has 3 aliphatic rings. The van der Waals surface area contributed by atoms with Crippen molar-refractivity contribution in [2.75, 3.05) is 26.2 Å². The lowest BCUT2D eigenvalue weighted by molar-refractivity contribution is -0.133. The predicted octanol–water partition coefficient (Wildman–Crippen LogP) is 1.98. The molecule has 1 aliphatic heterocycles. The van der Waals surface area contributed by atoms with Gasteiger partial charge in [0.2, 0.25) is 15.9 Å². The van der Waals surface area contributed by atoms with Crippen LogP contribution in [0.3, 0.4) is 0 Å². The van der Waals surface area contributed by atoms with Crippen molar-refractivity contribution in [1.82, 2.24) is 9.21 Å². The summed E-state index contributed by atoms with van der Waals surface area (Å²) >= 11 is 0. The highest BCUT2D eigenvalue weighted by atomic mass is 32.2. The third kappa shape index (κ3) is 3.48. The van der Waals surface area contributed by atoms with E-state index in [0.29, 0.717) is 38.5 Å². The van der Waals surface area contributed by atoms with Gasteiger partial charge in [-0.05, 0) is 31.6 Å². The lowest BCUT2D eigenvalue weighted by Gasteiger charge is -2.35. The standard InChI is InChI=1S/C16H28N2O3S/c19-16(13-14-5-1-2-6-14)17-9-11-18(12-10-17)22(20,21)15-7-3-4-8-15/h14-15H,1-13H2. The summed E-state index contributed by atoms with van der Waals surface area (Å²) in [7, 11) is -3.14. The Bertz CT molecular complexity index is 486. The molecule has 1 amide bonds. The van der Waals surface area contributed by atoms with Crippen molar-refractivity contribution in [2.24, 2.45) is 5.92 Å². The molecule has 0 atom stereocenters. The Balaban J connectivity index is 1.50. The van der Waals surface area contributed by atoms with Gasteiger partial charge in [-0.25, -0.2) is 8.42 Å². The van der Waals surface area contributed by atoms with Crippen LogP contribution in [0, 0.1) is 5.92 Å². The van der Waals surface area contributed by atoms with Gasteiger partial charge in [0.15, 0.2) is 0 Å². The largest absolute Gasteiger partial charge is 0.340 e. The van der Waals surface area contributed by atoms with Crippen molar-refractivity contribution in [3.05, 3.63) is 0 Å². The molecule has 2 saturated carbocycles. The van der Waals surface area contributed by atoms with Gasteiger partial charge in [-0.2, -0.15) is 4.31 Å². The Labute approximate surface area is 134 Å². The number of nitrogens with zero attached hydrogens (tertiary/aromatic N) is 2. The van der Waals surface area contributed by atoms with Crippen molar-refractivity contribution >= 4 is 15.9 Å². The molecule has 0 aromatic heterocycles. The number of carbonyl (C=O) groups excluding carboxylic acids is 1. The second-order valence-corrected chi connectivity index (χ2v) is 9.30. The van der Waals surface area contributed by atoms with Crippen LogP contribution in [-0.2, 0) is 14.8 Å². The van der Waals surface area contributed by atoms with E-state index < -0.39 is 10.0 Å². The van der Waals surface area contributed by atoms with Crippen LogP contribution in [0.1, 0.15) is 57.8 Å². The SMILES string of the molecule is O=C(CC1CCCC1)N1CCN(S(=O)(=O)C2CCCC2)CC1. The van der Waals surface area contributed by atoms with E-state index in [1.807, 2.05) is 4.90 Å². The van der Waals surface area contributed by atoms with Gasteiger partial charge in [-0.1, -0.05) is 25.7 Å². The van der Waals surface area contributed by atoms with E-state index in [0.717, 1.165) is 25.7 Å². The molecule has 5 nitrogen and oxygen atoms in total. The number of piperazine rings is 1. The van der Waals surface area contributed by atoms with Gasteiger partial charge in [0.1, 0.15) is 0 Å². The highest BCUT2D eigenvalue weighted by molar-refractivity contribution is 7.89. The highest BCUT2D eigenvalue weighted by Gasteiger charge is 2.36. The fourth-order valence-corrected chi connectivity index (χ4v) is 6.20. The van der Waals surface area contributed by atoms with Gasteiger partial charge < -0.3 is 4.90 Å². The molecule has 2 aliphatic carbocycles. The van der Waals surface area contributed by atoms with Crippen LogP contribution in [-0.4, -0.2) is 55.0 Å². The molecule has 6 heteroatoms. The first-order valence-corrected chi connectivity index (χ1v) is 10.3. The van der Waals surface area contributed by atoms with Crippen molar-refractivity contribution in [2.45, 2.75) is 63.0 Å². The third-order valence-corrected chi connectivity index (χ3v) is 8.01. The molecular weight excluding hydrogens is 300 g/mol. The number of carbonyl (C=O) groups is 1. The van der Waals surface area contributed by atoms with Crippen molar-refractivity contribution < 1.29 is 13.2 Å². The Kier molecular flexibility index (Phi) is 5.07. The lowest BCUT2D eigenvalue weighted by Crippen LogP contribution is -2.52. The molecular formula is C16H28N2O3S. The summed E-state index contributed by atoms with van der Waals surface area (Å²) in [6.45, 7) is 2.10. The van der Waals surface area contributed by atoms with Crippen LogP contribution < -0.4 is 0 Å². The van der Waals surface area contributed by atoms with Crippen LogP contribution in [0.4, 0.5) is 0 Å². The fraction of sp³-hybridized carbons (Fsp3) is 0.938. The molecule has 0 bridgehead atoms. The first-order chi connectivity index (χ1) is 10.6. The van der Waals surface area contributed by atoms with E-state index in [9.17, 15) is 13.2 Å². The molecule has 0 radical (unpaired) electrons. The minimum atomic E-state index is -3.14. The van der Waals surface area contributed by atoms with Gasteiger partial charge in [-0.3, -0.25) is 4.79 Å². The maximum atomic E-state index is 12.6. The van der Waals surface area contributed by atoms with E-state index in [1.165, 1.54) is 25.7 Å². The van der Waals surface area contributed by atoms with Crippen molar-refractivity contribution in [3.8, 4) is 0 Å². The topological polar surface area (TPSA) is 57.7 Å². The molecule has 126 valence electrons. The fourth-order valence-electron chi connectivity index (χ4n) is 4.18. The Morgan fingerprint density at radius 2 is 1.41 bits per heavy atom. The molecule has 0 aromatic rings. The summed E-state index contributed by atoms with van der Waals surface area (Å²) in [5.74, 6) is 0.789. The Hall–Kier alpha value is -0.620. The zero-order chi connectivity index (χ0) is 15.6. The van der Waals surface area contributed by atoms with Crippen molar-refractivity contribution in [3.63, 3.8) is 0 Å². The number of hydrogen-bond acceptors (Lipinski definition) is 3. The van der Waals surface area contributed by atoms with E-state index in [-0.39, 0.29) is 11.2 Å². The molecule has 0 aromatic carbocycles. The van der Waals surface area contributed by atoms with Gasteiger partial charge in [0, 0.05) is 32.6 Å². The predicted molar refractivity (Wildman–Crippen MR) is 85.9 cm³/mol. The van der Waals surface area contributed by atoms with Crippen LogP contribution in [0.15, 0.2) is 0 Å².